The van der Waals surface area contributed by atoms with Crippen molar-refractivity contribution in [2.24, 2.45) is 5.92 Å². The number of anilines is 1. The van der Waals surface area contributed by atoms with E-state index in [1.807, 2.05) is 20.8 Å². The molecule has 0 radical (unpaired) electrons. The molecule has 116 valence electrons. The Morgan fingerprint density at radius 3 is 2.71 bits per heavy atom. The molecule has 21 heavy (non-hydrogen) atoms. The Labute approximate surface area is 127 Å². The van der Waals surface area contributed by atoms with Crippen molar-refractivity contribution in [1.82, 2.24) is 15.3 Å². The van der Waals surface area contributed by atoms with Crippen molar-refractivity contribution in [1.29, 1.82) is 0 Å². The molecule has 5 heteroatoms. The number of hydrogen-bond donors (Lipinski definition) is 2. The first-order valence-corrected chi connectivity index (χ1v) is 8.00. The molecule has 0 spiro atoms. The van der Waals surface area contributed by atoms with E-state index >= 15 is 0 Å². The van der Waals surface area contributed by atoms with Crippen molar-refractivity contribution in [3.8, 4) is 0 Å². The average molecular weight is 290 g/mol. The van der Waals surface area contributed by atoms with Crippen LogP contribution in [0.2, 0.25) is 0 Å². The van der Waals surface area contributed by atoms with Crippen molar-refractivity contribution >= 4 is 11.6 Å². The number of carbonyl (C=O) groups excluding carboxylic acids is 1. The van der Waals surface area contributed by atoms with E-state index in [1.165, 1.54) is 25.7 Å². The van der Waals surface area contributed by atoms with Crippen molar-refractivity contribution in [3.05, 3.63) is 17.7 Å². The highest BCUT2D eigenvalue weighted by Gasteiger charge is 2.19. The predicted octanol–water partition coefficient (Wildman–Crippen LogP) is 2.95. The predicted molar refractivity (Wildman–Crippen MR) is 84.6 cm³/mol. The molecule has 0 saturated heterocycles. The quantitative estimate of drug-likeness (QED) is 0.845. The van der Waals surface area contributed by atoms with Gasteiger partial charge < -0.3 is 10.6 Å². The topological polar surface area (TPSA) is 66.9 Å². The standard InChI is InChI=1S/C16H26N4O/c1-4-17-13-10-18-15(11(2)3)20-14(13)16(21)19-9-12-7-5-6-8-12/h10-12,17H,4-9H2,1-3H3,(H,19,21). The van der Waals surface area contributed by atoms with Gasteiger partial charge in [0, 0.05) is 19.0 Å². The first kappa shape index (κ1) is 15.7. The van der Waals surface area contributed by atoms with Gasteiger partial charge in [-0.3, -0.25) is 4.79 Å². The fourth-order valence-electron chi connectivity index (χ4n) is 2.70. The Kier molecular flexibility index (Phi) is 5.53. The fraction of sp³-hybridized carbons (Fsp3) is 0.688. The van der Waals surface area contributed by atoms with Gasteiger partial charge in [-0.1, -0.05) is 26.7 Å². The van der Waals surface area contributed by atoms with E-state index in [-0.39, 0.29) is 11.8 Å². The van der Waals surface area contributed by atoms with Gasteiger partial charge in [-0.15, -0.1) is 0 Å². The zero-order valence-corrected chi connectivity index (χ0v) is 13.3. The number of nitrogens with zero attached hydrogens (tertiary/aromatic N) is 2. The maximum atomic E-state index is 12.4. The van der Waals surface area contributed by atoms with Crippen LogP contribution in [0.4, 0.5) is 5.69 Å². The lowest BCUT2D eigenvalue weighted by Crippen LogP contribution is -2.30. The molecule has 1 aromatic heterocycles. The zero-order chi connectivity index (χ0) is 15.2. The van der Waals surface area contributed by atoms with Crippen LogP contribution in [-0.4, -0.2) is 29.0 Å². The summed E-state index contributed by atoms with van der Waals surface area (Å²) in [7, 11) is 0. The van der Waals surface area contributed by atoms with Crippen LogP contribution >= 0.6 is 0 Å². The molecule has 1 amide bonds. The Morgan fingerprint density at radius 1 is 1.38 bits per heavy atom. The van der Waals surface area contributed by atoms with E-state index in [1.54, 1.807) is 6.20 Å². The lowest BCUT2D eigenvalue weighted by atomic mass is 10.1. The highest BCUT2D eigenvalue weighted by molar-refractivity contribution is 5.97. The fourth-order valence-corrected chi connectivity index (χ4v) is 2.70. The number of nitrogens with one attached hydrogen (secondary N) is 2. The summed E-state index contributed by atoms with van der Waals surface area (Å²) >= 11 is 0. The van der Waals surface area contributed by atoms with Crippen LogP contribution in [-0.2, 0) is 0 Å². The van der Waals surface area contributed by atoms with Gasteiger partial charge in [0.1, 0.15) is 5.82 Å². The number of carbonyl (C=O) groups is 1. The molecular weight excluding hydrogens is 264 g/mol. The summed E-state index contributed by atoms with van der Waals surface area (Å²) in [6.07, 6.45) is 6.74. The van der Waals surface area contributed by atoms with Gasteiger partial charge in [0.25, 0.3) is 5.91 Å². The highest BCUT2D eigenvalue weighted by Crippen LogP contribution is 2.24. The Hall–Kier alpha value is -1.65. The Morgan fingerprint density at radius 2 is 2.10 bits per heavy atom. The van der Waals surface area contributed by atoms with E-state index in [4.69, 9.17) is 0 Å². The SMILES string of the molecule is CCNc1cnc(C(C)C)nc1C(=O)NCC1CCCC1. The maximum Gasteiger partial charge on any atom is 0.272 e. The lowest BCUT2D eigenvalue weighted by Gasteiger charge is -2.14. The molecule has 1 fully saturated rings. The molecular formula is C16H26N4O. The van der Waals surface area contributed by atoms with Crippen LogP contribution in [0.1, 0.15) is 68.7 Å². The molecule has 2 rings (SSSR count). The second-order valence-corrected chi connectivity index (χ2v) is 6.04. The molecule has 0 aliphatic heterocycles. The van der Waals surface area contributed by atoms with Crippen LogP contribution in [0.3, 0.4) is 0 Å². The summed E-state index contributed by atoms with van der Waals surface area (Å²) in [5.74, 6) is 1.45. The number of hydrogen-bond acceptors (Lipinski definition) is 4. The van der Waals surface area contributed by atoms with E-state index in [0.717, 1.165) is 13.1 Å². The van der Waals surface area contributed by atoms with Crippen LogP contribution in [0.5, 0.6) is 0 Å². The first-order chi connectivity index (χ1) is 10.1. The third kappa shape index (κ3) is 4.16. The van der Waals surface area contributed by atoms with Crippen LogP contribution in [0.15, 0.2) is 6.20 Å². The van der Waals surface area contributed by atoms with Gasteiger partial charge in [-0.25, -0.2) is 9.97 Å². The summed E-state index contributed by atoms with van der Waals surface area (Å²) in [6, 6.07) is 0. The minimum Gasteiger partial charge on any atom is -0.382 e. The average Bonchev–Trinajstić information content (AvgIpc) is 2.98. The van der Waals surface area contributed by atoms with Crippen molar-refractivity contribution in [2.75, 3.05) is 18.4 Å². The lowest BCUT2D eigenvalue weighted by molar-refractivity contribution is 0.0942. The molecule has 5 nitrogen and oxygen atoms in total. The van der Waals surface area contributed by atoms with Gasteiger partial charge >= 0.3 is 0 Å². The van der Waals surface area contributed by atoms with Crippen LogP contribution < -0.4 is 10.6 Å². The normalized spacial score (nSPS) is 15.4. The second kappa shape index (κ2) is 7.38. The molecule has 2 N–H and O–H groups in total. The number of aromatic nitrogens is 2. The van der Waals surface area contributed by atoms with Crippen molar-refractivity contribution < 1.29 is 4.79 Å². The smallest absolute Gasteiger partial charge is 0.272 e. The molecule has 1 aliphatic rings. The minimum absolute atomic E-state index is 0.0952. The molecule has 1 saturated carbocycles. The Balaban J connectivity index is 2.10. The van der Waals surface area contributed by atoms with E-state index in [0.29, 0.717) is 23.1 Å². The monoisotopic (exact) mass is 290 g/mol. The molecule has 0 unspecified atom stereocenters. The van der Waals surface area contributed by atoms with Gasteiger partial charge in [0.15, 0.2) is 5.69 Å². The van der Waals surface area contributed by atoms with Crippen molar-refractivity contribution in [3.63, 3.8) is 0 Å². The number of rotatable bonds is 6. The maximum absolute atomic E-state index is 12.4. The molecule has 1 aliphatic carbocycles. The second-order valence-electron chi connectivity index (χ2n) is 6.04. The van der Waals surface area contributed by atoms with Gasteiger partial charge in [0.05, 0.1) is 11.9 Å². The highest BCUT2D eigenvalue weighted by atomic mass is 16.1. The molecule has 0 atom stereocenters. The van der Waals surface area contributed by atoms with Crippen molar-refractivity contribution in [2.45, 2.75) is 52.4 Å². The molecule has 1 aromatic rings. The van der Waals surface area contributed by atoms with Gasteiger partial charge in [0.2, 0.25) is 0 Å². The van der Waals surface area contributed by atoms with E-state index in [9.17, 15) is 4.79 Å². The summed E-state index contributed by atoms with van der Waals surface area (Å²) < 4.78 is 0. The molecule has 0 aromatic carbocycles. The van der Waals surface area contributed by atoms with Crippen LogP contribution in [0, 0.1) is 5.92 Å². The van der Waals surface area contributed by atoms with Gasteiger partial charge in [-0.2, -0.15) is 0 Å². The third-order valence-electron chi connectivity index (χ3n) is 3.93. The largest absolute Gasteiger partial charge is 0.382 e. The zero-order valence-electron chi connectivity index (χ0n) is 13.3. The summed E-state index contributed by atoms with van der Waals surface area (Å²) in [5, 5.41) is 6.20. The summed E-state index contributed by atoms with van der Waals surface area (Å²) in [5.41, 5.74) is 1.18. The first-order valence-electron chi connectivity index (χ1n) is 8.00. The van der Waals surface area contributed by atoms with E-state index < -0.39 is 0 Å². The molecule has 0 bridgehead atoms. The van der Waals surface area contributed by atoms with Crippen LogP contribution in [0.25, 0.3) is 0 Å². The summed E-state index contributed by atoms with van der Waals surface area (Å²) in [4.78, 5) is 21.2. The minimum atomic E-state index is -0.0952. The third-order valence-corrected chi connectivity index (χ3v) is 3.93. The molecule has 1 heterocycles. The Bertz CT molecular complexity index is 481. The van der Waals surface area contributed by atoms with Gasteiger partial charge in [-0.05, 0) is 25.7 Å². The number of amides is 1. The van der Waals surface area contributed by atoms with E-state index in [2.05, 4.69) is 20.6 Å². The summed E-state index contributed by atoms with van der Waals surface area (Å²) in [6.45, 7) is 7.56.